The summed E-state index contributed by atoms with van der Waals surface area (Å²) in [6.45, 7) is 0.712. The van der Waals surface area contributed by atoms with E-state index in [1.165, 1.54) is 4.57 Å². The van der Waals surface area contributed by atoms with E-state index in [-0.39, 0.29) is 23.9 Å². The number of benzene rings is 1. The third-order valence-corrected chi connectivity index (χ3v) is 4.55. The van der Waals surface area contributed by atoms with Gasteiger partial charge < -0.3 is 19.6 Å². The van der Waals surface area contributed by atoms with E-state index in [1.807, 2.05) is 0 Å². The zero-order valence-corrected chi connectivity index (χ0v) is 14.4. The Balaban J connectivity index is 1.43. The Kier molecular flexibility index (Phi) is 4.37. The summed E-state index contributed by atoms with van der Waals surface area (Å²) in [5.74, 6) is -0.0248. The van der Waals surface area contributed by atoms with Crippen molar-refractivity contribution in [3.05, 3.63) is 71.3 Å². The summed E-state index contributed by atoms with van der Waals surface area (Å²) >= 11 is 0. The van der Waals surface area contributed by atoms with Crippen molar-refractivity contribution in [2.24, 2.45) is 5.92 Å². The fourth-order valence-electron chi connectivity index (χ4n) is 3.19. The lowest BCUT2D eigenvalue weighted by Crippen LogP contribution is -2.28. The molecule has 4 rings (SSSR count). The zero-order chi connectivity index (χ0) is 18.8. The number of nitrogens with zero attached hydrogens (tertiary/aromatic N) is 2. The van der Waals surface area contributed by atoms with E-state index >= 15 is 0 Å². The van der Waals surface area contributed by atoms with E-state index in [9.17, 15) is 14.4 Å². The summed E-state index contributed by atoms with van der Waals surface area (Å²) < 4.78 is 6.71. The van der Waals surface area contributed by atoms with Gasteiger partial charge in [-0.05, 0) is 30.3 Å². The molecule has 2 amide bonds. The molecule has 8 heteroatoms. The summed E-state index contributed by atoms with van der Waals surface area (Å²) in [4.78, 5) is 40.7. The molecule has 0 aliphatic carbocycles. The molecule has 1 atom stereocenters. The number of rotatable bonds is 5. The van der Waals surface area contributed by atoms with Crippen LogP contribution in [0.25, 0.3) is 5.69 Å². The third kappa shape index (κ3) is 3.55. The number of nitrogens with one attached hydrogen (secondary N) is 2. The maximum absolute atomic E-state index is 12.6. The Hall–Kier alpha value is -3.55. The maximum atomic E-state index is 12.6. The van der Waals surface area contributed by atoms with Crippen LogP contribution in [-0.2, 0) is 16.1 Å². The van der Waals surface area contributed by atoms with Crippen molar-refractivity contribution in [3.63, 3.8) is 0 Å². The van der Waals surface area contributed by atoms with Crippen LogP contribution in [0.1, 0.15) is 12.2 Å². The van der Waals surface area contributed by atoms with E-state index in [4.69, 9.17) is 4.42 Å². The molecular formula is C19H18N4O4. The van der Waals surface area contributed by atoms with Gasteiger partial charge in [0.25, 0.3) is 0 Å². The molecule has 1 aliphatic heterocycles. The van der Waals surface area contributed by atoms with E-state index in [1.54, 1.807) is 60.0 Å². The highest BCUT2D eigenvalue weighted by Gasteiger charge is 2.34. The fourth-order valence-corrected chi connectivity index (χ4v) is 3.19. The first kappa shape index (κ1) is 16.9. The van der Waals surface area contributed by atoms with Crippen LogP contribution in [0, 0.1) is 5.92 Å². The SMILES string of the molecule is O=C(Nc1cccc(-n2cc[nH]c2=O)c1)C1CC(=O)N(Cc2ccco2)C1. The average molecular weight is 366 g/mol. The molecule has 0 bridgehead atoms. The molecule has 2 aromatic heterocycles. The Labute approximate surface area is 154 Å². The minimum Gasteiger partial charge on any atom is -0.467 e. The van der Waals surface area contributed by atoms with Gasteiger partial charge in [0.05, 0.1) is 24.4 Å². The average Bonchev–Trinajstić information content (AvgIpc) is 3.38. The Morgan fingerprint density at radius 1 is 1.26 bits per heavy atom. The van der Waals surface area contributed by atoms with Crippen molar-refractivity contribution in [1.29, 1.82) is 0 Å². The Bertz CT molecular complexity index is 1020. The predicted molar refractivity (Wildman–Crippen MR) is 97.3 cm³/mol. The number of imidazole rings is 1. The zero-order valence-electron chi connectivity index (χ0n) is 14.4. The molecule has 1 aliphatic rings. The van der Waals surface area contributed by atoms with Gasteiger partial charge in [0.15, 0.2) is 0 Å². The van der Waals surface area contributed by atoms with Gasteiger partial charge in [-0.25, -0.2) is 4.79 Å². The second kappa shape index (κ2) is 6.99. The summed E-state index contributed by atoms with van der Waals surface area (Å²) in [5, 5.41) is 2.84. The van der Waals surface area contributed by atoms with E-state index in [0.29, 0.717) is 30.2 Å². The highest BCUT2D eigenvalue weighted by Crippen LogP contribution is 2.22. The number of furan rings is 1. The van der Waals surface area contributed by atoms with Crippen molar-refractivity contribution in [2.45, 2.75) is 13.0 Å². The van der Waals surface area contributed by atoms with Crippen molar-refractivity contribution >= 4 is 17.5 Å². The van der Waals surface area contributed by atoms with Gasteiger partial charge in [0, 0.05) is 31.0 Å². The molecule has 1 unspecified atom stereocenters. The number of likely N-dealkylation sites (tertiary alicyclic amines) is 1. The minimum atomic E-state index is -0.425. The topological polar surface area (TPSA) is 100 Å². The number of aromatic nitrogens is 2. The van der Waals surface area contributed by atoms with E-state index in [2.05, 4.69) is 10.3 Å². The maximum Gasteiger partial charge on any atom is 0.330 e. The first-order chi connectivity index (χ1) is 13.1. The van der Waals surface area contributed by atoms with Crippen LogP contribution in [0.2, 0.25) is 0 Å². The van der Waals surface area contributed by atoms with Crippen molar-refractivity contribution in [3.8, 4) is 5.69 Å². The summed E-state index contributed by atoms with van der Waals surface area (Å²) in [6.07, 6.45) is 4.89. The minimum absolute atomic E-state index is 0.0702. The Morgan fingerprint density at radius 3 is 2.89 bits per heavy atom. The quantitative estimate of drug-likeness (QED) is 0.718. The van der Waals surface area contributed by atoms with Gasteiger partial charge in [-0.2, -0.15) is 0 Å². The summed E-state index contributed by atoms with van der Waals surface area (Å²) in [7, 11) is 0. The number of carbonyl (C=O) groups is 2. The Morgan fingerprint density at radius 2 is 2.15 bits per heavy atom. The second-order valence-corrected chi connectivity index (χ2v) is 6.43. The molecule has 1 fully saturated rings. The van der Waals surface area contributed by atoms with Gasteiger partial charge in [-0.15, -0.1) is 0 Å². The van der Waals surface area contributed by atoms with E-state index in [0.717, 1.165) is 0 Å². The molecular weight excluding hydrogens is 348 g/mol. The molecule has 3 aromatic rings. The standard InChI is InChI=1S/C19H18N4O4/c24-17-9-13(11-22(17)12-16-5-2-8-27-16)18(25)21-14-3-1-4-15(10-14)23-7-6-20-19(23)26/h1-8,10,13H,9,11-12H2,(H,20,26)(H,21,25). The highest BCUT2D eigenvalue weighted by molar-refractivity contribution is 5.97. The molecule has 138 valence electrons. The molecule has 1 aromatic carbocycles. The van der Waals surface area contributed by atoms with Gasteiger partial charge in [0.2, 0.25) is 11.8 Å². The number of aromatic amines is 1. The van der Waals surface area contributed by atoms with Crippen LogP contribution in [0.4, 0.5) is 5.69 Å². The van der Waals surface area contributed by atoms with Crippen molar-refractivity contribution < 1.29 is 14.0 Å². The van der Waals surface area contributed by atoms with E-state index < -0.39 is 5.92 Å². The molecule has 0 spiro atoms. The molecule has 2 N–H and O–H groups in total. The first-order valence-corrected chi connectivity index (χ1v) is 8.57. The number of H-pyrrole nitrogens is 1. The van der Waals surface area contributed by atoms with Gasteiger partial charge in [-0.3, -0.25) is 14.2 Å². The summed E-state index contributed by atoms with van der Waals surface area (Å²) in [6, 6.07) is 10.6. The molecule has 1 saturated heterocycles. The number of amides is 2. The van der Waals surface area contributed by atoms with Crippen molar-refractivity contribution in [1.82, 2.24) is 14.5 Å². The monoisotopic (exact) mass is 366 g/mol. The van der Waals surface area contributed by atoms with Crippen LogP contribution < -0.4 is 11.0 Å². The lowest BCUT2D eigenvalue weighted by Gasteiger charge is -2.15. The van der Waals surface area contributed by atoms with Gasteiger partial charge in [-0.1, -0.05) is 6.07 Å². The van der Waals surface area contributed by atoms with Crippen LogP contribution in [-0.4, -0.2) is 32.8 Å². The lowest BCUT2D eigenvalue weighted by molar-refractivity contribution is -0.128. The van der Waals surface area contributed by atoms with Crippen molar-refractivity contribution in [2.75, 3.05) is 11.9 Å². The summed E-state index contributed by atoms with van der Waals surface area (Å²) in [5.41, 5.74) is 0.956. The van der Waals surface area contributed by atoms with Gasteiger partial charge in [0.1, 0.15) is 5.76 Å². The first-order valence-electron chi connectivity index (χ1n) is 8.57. The third-order valence-electron chi connectivity index (χ3n) is 4.55. The molecule has 8 nitrogen and oxygen atoms in total. The molecule has 0 radical (unpaired) electrons. The van der Waals surface area contributed by atoms with Crippen LogP contribution in [0.15, 0.2) is 64.3 Å². The molecule has 27 heavy (non-hydrogen) atoms. The second-order valence-electron chi connectivity index (χ2n) is 6.43. The normalized spacial score (nSPS) is 16.7. The lowest BCUT2D eigenvalue weighted by atomic mass is 10.1. The smallest absolute Gasteiger partial charge is 0.330 e. The fraction of sp³-hybridized carbons (Fsp3) is 0.211. The molecule has 0 saturated carbocycles. The number of hydrogen-bond donors (Lipinski definition) is 2. The van der Waals surface area contributed by atoms with Gasteiger partial charge >= 0.3 is 5.69 Å². The number of anilines is 1. The number of carbonyl (C=O) groups excluding carboxylic acids is 2. The van der Waals surface area contributed by atoms with Crippen LogP contribution >= 0.6 is 0 Å². The predicted octanol–water partition coefficient (Wildman–Crippen LogP) is 1.75. The largest absolute Gasteiger partial charge is 0.467 e. The molecule has 3 heterocycles. The number of hydrogen-bond acceptors (Lipinski definition) is 4. The van der Waals surface area contributed by atoms with Crippen LogP contribution in [0.5, 0.6) is 0 Å². The van der Waals surface area contributed by atoms with Crippen LogP contribution in [0.3, 0.4) is 0 Å². The highest BCUT2D eigenvalue weighted by atomic mass is 16.3.